The third-order valence-electron chi connectivity index (χ3n) is 2.18. The van der Waals surface area contributed by atoms with E-state index in [0.29, 0.717) is 11.1 Å². The highest BCUT2D eigenvalue weighted by Crippen LogP contribution is 2.11. The van der Waals surface area contributed by atoms with Gasteiger partial charge in [-0.05, 0) is 31.5 Å². The quantitative estimate of drug-likeness (QED) is 0.767. The molecule has 19 heavy (non-hydrogen) atoms. The Morgan fingerprint density at radius 1 is 1.42 bits per heavy atom. The van der Waals surface area contributed by atoms with Crippen molar-refractivity contribution in [3.8, 4) is 6.07 Å². The van der Waals surface area contributed by atoms with E-state index in [1.54, 1.807) is 38.1 Å². The lowest BCUT2D eigenvalue weighted by molar-refractivity contribution is 0.0378. The lowest BCUT2D eigenvalue weighted by Crippen LogP contribution is -2.12. The van der Waals surface area contributed by atoms with Crippen LogP contribution < -0.4 is 0 Å². The van der Waals surface area contributed by atoms with Crippen LogP contribution >= 0.6 is 0 Å². The van der Waals surface area contributed by atoms with Gasteiger partial charge in [0, 0.05) is 0 Å². The van der Waals surface area contributed by atoms with E-state index >= 15 is 0 Å². The first-order valence-corrected chi connectivity index (χ1v) is 7.53. The third-order valence-corrected chi connectivity index (χ3v) is 3.52. The van der Waals surface area contributed by atoms with Crippen LogP contribution in [0.15, 0.2) is 24.3 Å². The lowest BCUT2D eigenvalue weighted by Gasteiger charge is -2.08. The molecule has 0 atom stereocenters. The first-order valence-electron chi connectivity index (χ1n) is 5.71. The van der Waals surface area contributed by atoms with Gasteiger partial charge < -0.3 is 4.74 Å². The van der Waals surface area contributed by atoms with Gasteiger partial charge in [0.2, 0.25) is 0 Å². The molecule has 1 aromatic carbocycles. The van der Waals surface area contributed by atoms with Crippen molar-refractivity contribution in [2.45, 2.75) is 25.7 Å². The average Bonchev–Trinajstić information content (AvgIpc) is 2.27. The zero-order valence-electron chi connectivity index (χ0n) is 10.8. The number of ether oxygens (including phenoxy) is 1. The molecule has 102 valence electrons. The van der Waals surface area contributed by atoms with Crippen molar-refractivity contribution in [3.63, 3.8) is 0 Å². The summed E-state index contributed by atoms with van der Waals surface area (Å²) >= 11 is 0. The minimum absolute atomic E-state index is 0.238. The largest absolute Gasteiger partial charge is 0.459 e. The summed E-state index contributed by atoms with van der Waals surface area (Å²) in [6, 6.07) is 7.83. The molecular weight excluding hydrogens is 266 g/mol. The fraction of sp³-hybridized carbons (Fsp3) is 0.385. The Hall–Kier alpha value is -1.87. The number of carbonyl (C=O) groups excluding carboxylic acids is 1. The second kappa shape index (κ2) is 6.34. The second-order valence-electron chi connectivity index (χ2n) is 4.34. The zero-order chi connectivity index (χ0) is 14.5. The van der Waals surface area contributed by atoms with E-state index in [-0.39, 0.29) is 11.9 Å². The van der Waals surface area contributed by atoms with Gasteiger partial charge in [0.1, 0.15) is 5.75 Å². The summed E-state index contributed by atoms with van der Waals surface area (Å²) in [6.07, 6.45) is -0.238. The topological polar surface area (TPSA) is 84.2 Å². The Morgan fingerprint density at radius 3 is 2.68 bits per heavy atom. The molecule has 0 saturated heterocycles. The molecule has 5 nitrogen and oxygen atoms in total. The van der Waals surface area contributed by atoms with Gasteiger partial charge in [-0.2, -0.15) is 5.26 Å². The predicted molar refractivity (Wildman–Crippen MR) is 70.1 cm³/mol. The van der Waals surface area contributed by atoms with Crippen LogP contribution in [0, 0.1) is 11.3 Å². The van der Waals surface area contributed by atoms with E-state index in [4.69, 9.17) is 10.00 Å². The molecule has 1 aromatic rings. The van der Waals surface area contributed by atoms with Crippen LogP contribution in [0.5, 0.6) is 0 Å². The Labute approximate surface area is 112 Å². The van der Waals surface area contributed by atoms with Crippen molar-refractivity contribution >= 4 is 15.8 Å². The minimum Gasteiger partial charge on any atom is -0.459 e. The SMILES string of the molecule is CC(C)OC(=O)c1cccc(CS(=O)(=O)CC#N)c1. The summed E-state index contributed by atoms with van der Waals surface area (Å²) in [4.78, 5) is 11.7. The molecule has 0 radical (unpaired) electrons. The molecule has 0 fully saturated rings. The third kappa shape index (κ3) is 5.10. The fourth-order valence-electron chi connectivity index (χ4n) is 1.47. The highest BCUT2D eigenvalue weighted by molar-refractivity contribution is 7.90. The maximum atomic E-state index is 11.7. The summed E-state index contributed by atoms with van der Waals surface area (Å²) in [7, 11) is -3.46. The molecule has 0 aromatic heterocycles. The van der Waals surface area contributed by atoms with Crippen molar-refractivity contribution < 1.29 is 17.9 Å². The van der Waals surface area contributed by atoms with Crippen LogP contribution in [0.2, 0.25) is 0 Å². The van der Waals surface area contributed by atoms with Crippen LogP contribution in [0.3, 0.4) is 0 Å². The molecule has 0 aliphatic heterocycles. The molecule has 0 amide bonds. The maximum Gasteiger partial charge on any atom is 0.338 e. The first kappa shape index (κ1) is 15.2. The number of nitriles is 1. The number of rotatable bonds is 5. The van der Waals surface area contributed by atoms with Gasteiger partial charge in [0.05, 0.1) is 23.5 Å². The maximum absolute atomic E-state index is 11.7. The van der Waals surface area contributed by atoms with Crippen molar-refractivity contribution in [2.24, 2.45) is 0 Å². The highest BCUT2D eigenvalue weighted by atomic mass is 32.2. The summed E-state index contributed by atoms with van der Waals surface area (Å²) in [5.41, 5.74) is 0.770. The molecular formula is C13H15NO4S. The molecule has 1 rings (SSSR count). The van der Waals surface area contributed by atoms with Crippen LogP contribution in [-0.2, 0) is 20.3 Å². The monoisotopic (exact) mass is 281 g/mol. The summed E-state index contributed by atoms with van der Waals surface area (Å²) in [5, 5.41) is 8.42. The minimum atomic E-state index is -3.46. The summed E-state index contributed by atoms with van der Waals surface area (Å²) in [6.45, 7) is 3.47. The number of sulfone groups is 1. The number of carbonyl (C=O) groups is 1. The van der Waals surface area contributed by atoms with Gasteiger partial charge in [-0.15, -0.1) is 0 Å². The molecule has 0 aliphatic rings. The van der Waals surface area contributed by atoms with Gasteiger partial charge in [-0.25, -0.2) is 13.2 Å². The molecule has 0 heterocycles. The summed E-state index contributed by atoms with van der Waals surface area (Å²) < 4.78 is 28.1. The van der Waals surface area contributed by atoms with E-state index in [9.17, 15) is 13.2 Å². The van der Waals surface area contributed by atoms with E-state index in [0.717, 1.165) is 0 Å². The molecule has 0 spiro atoms. The standard InChI is InChI=1S/C13H15NO4S/c1-10(2)18-13(15)12-5-3-4-11(8-12)9-19(16,17)7-6-14/h3-5,8,10H,7,9H2,1-2H3. The number of esters is 1. The average molecular weight is 281 g/mol. The molecule has 0 bridgehead atoms. The van der Waals surface area contributed by atoms with Crippen LogP contribution in [0.1, 0.15) is 29.8 Å². The van der Waals surface area contributed by atoms with Gasteiger partial charge in [0.15, 0.2) is 9.84 Å². The van der Waals surface area contributed by atoms with Gasteiger partial charge >= 0.3 is 5.97 Å². The van der Waals surface area contributed by atoms with Crippen LogP contribution in [0.25, 0.3) is 0 Å². The van der Waals surface area contributed by atoms with E-state index in [2.05, 4.69) is 0 Å². The number of benzene rings is 1. The number of hydrogen-bond donors (Lipinski definition) is 0. The van der Waals surface area contributed by atoms with Crippen molar-refractivity contribution in [2.75, 3.05) is 5.75 Å². The molecule has 0 N–H and O–H groups in total. The normalized spacial score (nSPS) is 11.1. The smallest absolute Gasteiger partial charge is 0.338 e. The Bertz CT molecular complexity index is 599. The van der Waals surface area contributed by atoms with Gasteiger partial charge in [0.25, 0.3) is 0 Å². The van der Waals surface area contributed by atoms with E-state index < -0.39 is 21.6 Å². The lowest BCUT2D eigenvalue weighted by atomic mass is 10.1. The van der Waals surface area contributed by atoms with Crippen molar-refractivity contribution in [3.05, 3.63) is 35.4 Å². The molecule has 0 saturated carbocycles. The van der Waals surface area contributed by atoms with Crippen LogP contribution in [0.4, 0.5) is 0 Å². The van der Waals surface area contributed by atoms with Crippen molar-refractivity contribution in [1.82, 2.24) is 0 Å². The zero-order valence-corrected chi connectivity index (χ0v) is 11.6. The summed E-state index contributed by atoms with van der Waals surface area (Å²) in [5.74, 6) is -1.29. The Balaban J connectivity index is 2.90. The fourth-order valence-corrected chi connectivity index (χ4v) is 2.46. The van der Waals surface area contributed by atoms with Gasteiger partial charge in [-0.1, -0.05) is 12.1 Å². The molecule has 0 unspecified atom stereocenters. The second-order valence-corrected chi connectivity index (χ2v) is 6.41. The highest BCUT2D eigenvalue weighted by Gasteiger charge is 2.14. The molecule has 6 heteroatoms. The first-order chi connectivity index (χ1) is 8.84. The Kier molecular flexibility index (Phi) is 5.07. The molecule has 0 aliphatic carbocycles. The van der Waals surface area contributed by atoms with Crippen LogP contribution in [-0.4, -0.2) is 26.2 Å². The number of nitrogens with zero attached hydrogens (tertiary/aromatic N) is 1. The predicted octanol–water partition coefficient (Wildman–Crippen LogP) is 1.69. The van der Waals surface area contributed by atoms with E-state index in [1.165, 1.54) is 6.07 Å². The van der Waals surface area contributed by atoms with Gasteiger partial charge in [-0.3, -0.25) is 0 Å². The number of hydrogen-bond acceptors (Lipinski definition) is 5. The Morgan fingerprint density at radius 2 is 2.11 bits per heavy atom. The van der Waals surface area contributed by atoms with E-state index in [1.807, 2.05) is 0 Å². The van der Waals surface area contributed by atoms with Crippen molar-refractivity contribution in [1.29, 1.82) is 5.26 Å².